The highest BCUT2D eigenvalue weighted by atomic mass is 35.5. The Morgan fingerprint density at radius 2 is 1.82 bits per heavy atom. The minimum absolute atomic E-state index is 0.166. The van der Waals surface area contributed by atoms with Crippen molar-refractivity contribution >= 4 is 34.8 Å². The SMILES string of the molecule is C=C1OC2(CCN(CCC(C(=O)NCc3ccccc3OC(F)(F)F)c3ccc(Cl)c(Cl)c3)CC2)c2cc(F)ccc2N1C. The monoisotopic (exact) mass is 651 g/mol. The molecule has 2 aliphatic rings. The van der Waals surface area contributed by atoms with Crippen LogP contribution >= 0.6 is 23.2 Å². The van der Waals surface area contributed by atoms with Gasteiger partial charge in [-0.25, -0.2) is 4.39 Å². The average Bonchev–Trinajstić information content (AvgIpc) is 2.97. The van der Waals surface area contributed by atoms with Gasteiger partial charge in [0.05, 0.1) is 21.7 Å². The minimum atomic E-state index is -4.86. The Labute approximate surface area is 263 Å². The quantitative estimate of drug-likeness (QED) is 0.253. The second-order valence-corrected chi connectivity index (χ2v) is 11.8. The molecule has 0 radical (unpaired) electrons. The Morgan fingerprint density at radius 3 is 2.52 bits per heavy atom. The van der Waals surface area contributed by atoms with Crippen molar-refractivity contribution in [2.75, 3.05) is 31.6 Å². The predicted molar refractivity (Wildman–Crippen MR) is 161 cm³/mol. The lowest BCUT2D eigenvalue weighted by atomic mass is 9.81. The molecule has 0 bridgehead atoms. The van der Waals surface area contributed by atoms with Crippen LogP contribution in [0.2, 0.25) is 10.0 Å². The number of fused-ring (bicyclic) bond motifs is 2. The van der Waals surface area contributed by atoms with E-state index in [2.05, 4.69) is 21.5 Å². The van der Waals surface area contributed by atoms with E-state index in [1.165, 1.54) is 30.3 Å². The molecule has 1 fully saturated rings. The zero-order valence-corrected chi connectivity index (χ0v) is 25.4. The second-order valence-electron chi connectivity index (χ2n) is 10.9. The molecular weight excluding hydrogens is 621 g/mol. The summed E-state index contributed by atoms with van der Waals surface area (Å²) in [6.45, 7) is 5.68. The van der Waals surface area contributed by atoms with Crippen LogP contribution in [0.4, 0.5) is 23.2 Å². The second kappa shape index (κ2) is 12.9. The van der Waals surface area contributed by atoms with Crippen LogP contribution in [0.15, 0.2) is 73.1 Å². The number of nitrogens with zero attached hydrogens (tertiary/aromatic N) is 2. The summed E-state index contributed by atoms with van der Waals surface area (Å²) >= 11 is 12.4. The van der Waals surface area contributed by atoms with Crippen molar-refractivity contribution in [1.29, 1.82) is 0 Å². The van der Waals surface area contributed by atoms with E-state index in [0.29, 0.717) is 55.4 Å². The van der Waals surface area contributed by atoms with Crippen LogP contribution in [-0.2, 0) is 21.7 Å². The summed E-state index contributed by atoms with van der Waals surface area (Å²) in [6, 6.07) is 15.3. The summed E-state index contributed by atoms with van der Waals surface area (Å²) in [7, 11) is 1.83. The summed E-state index contributed by atoms with van der Waals surface area (Å²) < 4.78 is 63.4. The number of anilines is 1. The normalized spacial score (nSPS) is 17.2. The number of hydrogen-bond donors (Lipinski definition) is 1. The summed E-state index contributed by atoms with van der Waals surface area (Å²) in [5.74, 6) is -1.26. The highest BCUT2D eigenvalue weighted by Crippen LogP contribution is 2.47. The van der Waals surface area contributed by atoms with Crippen LogP contribution in [0.25, 0.3) is 0 Å². The van der Waals surface area contributed by atoms with E-state index >= 15 is 0 Å². The van der Waals surface area contributed by atoms with E-state index < -0.39 is 17.9 Å². The number of amides is 1. The lowest BCUT2D eigenvalue weighted by Crippen LogP contribution is -2.48. The van der Waals surface area contributed by atoms with Gasteiger partial charge in [0.25, 0.3) is 0 Å². The van der Waals surface area contributed by atoms with Crippen molar-refractivity contribution < 1.29 is 31.8 Å². The van der Waals surface area contributed by atoms with E-state index in [-0.39, 0.29) is 34.6 Å². The number of likely N-dealkylation sites (tertiary alicyclic amines) is 1. The molecule has 2 heterocycles. The highest BCUT2D eigenvalue weighted by Gasteiger charge is 2.44. The zero-order valence-electron chi connectivity index (χ0n) is 23.9. The summed E-state index contributed by atoms with van der Waals surface area (Å²) in [5, 5.41) is 3.39. The van der Waals surface area contributed by atoms with Crippen LogP contribution < -0.4 is 15.0 Å². The van der Waals surface area contributed by atoms with Crippen LogP contribution in [-0.4, -0.2) is 43.9 Å². The molecule has 1 unspecified atom stereocenters. The number of halogens is 6. The summed E-state index contributed by atoms with van der Waals surface area (Å²) in [5.41, 5.74) is 1.75. The maximum absolute atomic E-state index is 14.3. The van der Waals surface area contributed by atoms with Gasteiger partial charge in [-0.2, -0.15) is 0 Å². The summed E-state index contributed by atoms with van der Waals surface area (Å²) in [6.07, 6.45) is -3.28. The van der Waals surface area contributed by atoms with Crippen molar-refractivity contribution in [3.8, 4) is 5.75 Å². The molecule has 0 aromatic heterocycles. The van der Waals surface area contributed by atoms with Crippen molar-refractivity contribution in [2.45, 2.75) is 43.7 Å². The van der Waals surface area contributed by atoms with Gasteiger partial charge in [-0.05, 0) is 61.5 Å². The molecule has 5 rings (SSSR count). The van der Waals surface area contributed by atoms with E-state index in [4.69, 9.17) is 27.9 Å². The van der Waals surface area contributed by atoms with Gasteiger partial charge < -0.3 is 24.6 Å². The number of rotatable bonds is 8. The van der Waals surface area contributed by atoms with Gasteiger partial charge in [0.1, 0.15) is 17.2 Å². The molecule has 234 valence electrons. The van der Waals surface area contributed by atoms with Crippen LogP contribution in [0.3, 0.4) is 0 Å². The molecule has 3 aromatic rings. The molecule has 1 saturated heterocycles. The van der Waals surface area contributed by atoms with Crippen molar-refractivity contribution in [3.63, 3.8) is 0 Å². The van der Waals surface area contributed by atoms with Crippen LogP contribution in [0, 0.1) is 5.82 Å². The lowest BCUT2D eigenvalue weighted by Gasteiger charge is -2.48. The van der Waals surface area contributed by atoms with Gasteiger partial charge in [-0.3, -0.25) is 4.79 Å². The first-order valence-electron chi connectivity index (χ1n) is 14.1. The molecule has 44 heavy (non-hydrogen) atoms. The Bertz CT molecular complexity index is 1540. The molecule has 0 saturated carbocycles. The van der Waals surface area contributed by atoms with Gasteiger partial charge in [-0.15, -0.1) is 13.2 Å². The van der Waals surface area contributed by atoms with Gasteiger partial charge in [-0.1, -0.05) is 47.5 Å². The Morgan fingerprint density at radius 1 is 1.09 bits per heavy atom. The molecule has 3 aromatic carbocycles. The fourth-order valence-corrected chi connectivity index (χ4v) is 6.13. The maximum atomic E-state index is 14.3. The third-order valence-electron chi connectivity index (χ3n) is 8.21. The molecule has 6 nitrogen and oxygen atoms in total. The van der Waals surface area contributed by atoms with Crippen molar-refractivity contribution in [1.82, 2.24) is 10.2 Å². The van der Waals surface area contributed by atoms with Crippen molar-refractivity contribution in [2.24, 2.45) is 0 Å². The fourth-order valence-electron chi connectivity index (χ4n) is 5.83. The first kappa shape index (κ1) is 31.9. The van der Waals surface area contributed by atoms with Crippen molar-refractivity contribution in [3.05, 3.63) is 106 Å². The number of carbonyl (C=O) groups excluding carboxylic acids is 1. The zero-order chi connectivity index (χ0) is 31.6. The van der Waals surface area contributed by atoms with E-state index in [0.717, 1.165) is 11.3 Å². The predicted octanol–water partition coefficient (Wildman–Crippen LogP) is 7.75. The van der Waals surface area contributed by atoms with E-state index in [1.54, 1.807) is 35.2 Å². The van der Waals surface area contributed by atoms with E-state index in [9.17, 15) is 22.4 Å². The molecule has 0 aliphatic carbocycles. The highest BCUT2D eigenvalue weighted by molar-refractivity contribution is 6.42. The first-order valence-corrected chi connectivity index (χ1v) is 14.8. The number of ether oxygens (including phenoxy) is 2. The van der Waals surface area contributed by atoms with Gasteiger partial charge in [0.15, 0.2) is 5.88 Å². The third kappa shape index (κ3) is 7.08. The number of nitrogens with one attached hydrogen (secondary N) is 1. The Balaban J connectivity index is 1.28. The topological polar surface area (TPSA) is 54.0 Å². The molecule has 1 amide bonds. The molecule has 12 heteroatoms. The molecule has 1 N–H and O–H groups in total. The summed E-state index contributed by atoms with van der Waals surface area (Å²) in [4.78, 5) is 17.5. The number of piperidine rings is 1. The number of benzene rings is 3. The van der Waals surface area contributed by atoms with Crippen LogP contribution in [0.1, 0.15) is 41.9 Å². The molecule has 2 aliphatic heterocycles. The average molecular weight is 653 g/mol. The van der Waals surface area contributed by atoms with Gasteiger partial charge >= 0.3 is 6.36 Å². The number of para-hydroxylation sites is 1. The maximum Gasteiger partial charge on any atom is 0.573 e. The third-order valence-corrected chi connectivity index (χ3v) is 8.95. The number of carbonyl (C=O) groups is 1. The Kier molecular flexibility index (Phi) is 9.34. The standard InChI is InChI=1S/C32H31Cl2F4N3O3/c1-20-40(2)28-10-8-23(35)18-25(28)31(43-20)12-15-41(16-13-31)14-11-24(21-7-9-26(33)27(34)17-21)30(42)39-19-22-5-3-4-6-29(22)44-32(36,37)38/h3-10,17-18,24H,1,11-16,19H2,2H3,(H,39,42). The lowest BCUT2D eigenvalue weighted by molar-refractivity contribution is -0.274. The fraction of sp³-hybridized carbons (Fsp3) is 0.344. The Hall–Kier alpha value is -3.47. The molecule has 1 spiro atoms. The minimum Gasteiger partial charge on any atom is -0.468 e. The number of hydrogen-bond acceptors (Lipinski definition) is 5. The van der Waals surface area contributed by atoms with E-state index in [1.807, 2.05) is 7.05 Å². The largest absolute Gasteiger partial charge is 0.573 e. The smallest absolute Gasteiger partial charge is 0.468 e. The molecule has 1 atom stereocenters. The molecular formula is C32H31Cl2F4N3O3. The van der Waals surface area contributed by atoms with Gasteiger partial charge in [0.2, 0.25) is 5.91 Å². The van der Waals surface area contributed by atoms with Gasteiger partial charge in [0, 0.05) is 50.7 Å². The first-order chi connectivity index (χ1) is 20.8. The van der Waals surface area contributed by atoms with Crippen LogP contribution in [0.5, 0.6) is 5.75 Å². The number of alkyl halides is 3.